The van der Waals surface area contributed by atoms with Gasteiger partial charge in [-0.3, -0.25) is 4.79 Å². The van der Waals surface area contributed by atoms with Crippen molar-refractivity contribution in [1.29, 1.82) is 0 Å². The standard InChI is InChI=1S/C16H24N2O3.ClH/c1-20-14-7-6-13(15(12-14)21-2)4-3-5-16(19)18-10-8-17-9-11-18;/h6-7,12,17H,3-5,8-11H2,1-2H3;1H. The van der Waals surface area contributed by atoms with Gasteiger partial charge in [0.25, 0.3) is 0 Å². The van der Waals surface area contributed by atoms with Crippen LogP contribution in [0, 0.1) is 0 Å². The number of hydrogen-bond acceptors (Lipinski definition) is 4. The summed E-state index contributed by atoms with van der Waals surface area (Å²) < 4.78 is 10.6. The SMILES string of the molecule is COc1ccc(CCCC(=O)N2CCNCC2)c(OC)c1.Cl. The lowest BCUT2D eigenvalue weighted by Crippen LogP contribution is -2.46. The largest absolute Gasteiger partial charge is 0.497 e. The van der Waals surface area contributed by atoms with E-state index in [-0.39, 0.29) is 18.3 Å². The molecule has 0 bridgehead atoms. The summed E-state index contributed by atoms with van der Waals surface area (Å²) >= 11 is 0. The van der Waals surface area contributed by atoms with E-state index >= 15 is 0 Å². The quantitative estimate of drug-likeness (QED) is 0.866. The molecule has 6 heteroatoms. The summed E-state index contributed by atoms with van der Waals surface area (Å²) in [4.78, 5) is 14.0. The molecule has 1 heterocycles. The van der Waals surface area contributed by atoms with Crippen molar-refractivity contribution in [2.24, 2.45) is 0 Å². The van der Waals surface area contributed by atoms with Crippen molar-refractivity contribution >= 4 is 18.3 Å². The highest BCUT2D eigenvalue weighted by molar-refractivity contribution is 5.85. The number of hydrogen-bond donors (Lipinski definition) is 1. The van der Waals surface area contributed by atoms with Crippen molar-refractivity contribution in [1.82, 2.24) is 10.2 Å². The second kappa shape index (κ2) is 9.54. The number of nitrogens with zero attached hydrogens (tertiary/aromatic N) is 1. The Balaban J connectivity index is 0.00000242. The van der Waals surface area contributed by atoms with Gasteiger partial charge in [0.2, 0.25) is 5.91 Å². The van der Waals surface area contributed by atoms with Gasteiger partial charge in [0.05, 0.1) is 14.2 Å². The van der Waals surface area contributed by atoms with Crippen LogP contribution in [0.15, 0.2) is 18.2 Å². The molecular formula is C16H25ClN2O3. The molecule has 1 aromatic rings. The summed E-state index contributed by atoms with van der Waals surface area (Å²) in [5, 5.41) is 3.26. The molecular weight excluding hydrogens is 304 g/mol. The Hall–Kier alpha value is -1.46. The first-order valence-electron chi connectivity index (χ1n) is 7.44. The van der Waals surface area contributed by atoms with Crippen LogP contribution in [0.3, 0.4) is 0 Å². The van der Waals surface area contributed by atoms with Gasteiger partial charge in [0.1, 0.15) is 11.5 Å². The van der Waals surface area contributed by atoms with E-state index in [9.17, 15) is 4.79 Å². The van der Waals surface area contributed by atoms with Gasteiger partial charge in [-0.25, -0.2) is 0 Å². The van der Waals surface area contributed by atoms with Gasteiger partial charge in [-0.05, 0) is 24.5 Å². The Bertz CT molecular complexity index is 476. The fourth-order valence-electron chi connectivity index (χ4n) is 2.56. The van der Waals surface area contributed by atoms with Crippen molar-refractivity contribution in [3.8, 4) is 11.5 Å². The highest BCUT2D eigenvalue weighted by Gasteiger charge is 2.15. The number of piperazine rings is 1. The number of ether oxygens (including phenoxy) is 2. The number of benzene rings is 1. The lowest BCUT2D eigenvalue weighted by atomic mass is 10.1. The van der Waals surface area contributed by atoms with E-state index in [0.717, 1.165) is 56.1 Å². The molecule has 1 aromatic carbocycles. The summed E-state index contributed by atoms with van der Waals surface area (Å²) in [5.74, 6) is 1.86. The van der Waals surface area contributed by atoms with Crippen LogP contribution >= 0.6 is 12.4 Å². The number of rotatable bonds is 6. The first kappa shape index (κ1) is 18.6. The first-order valence-corrected chi connectivity index (χ1v) is 7.44. The van der Waals surface area contributed by atoms with Crippen LogP contribution in [0.5, 0.6) is 11.5 Å². The minimum absolute atomic E-state index is 0. The maximum Gasteiger partial charge on any atom is 0.222 e. The van der Waals surface area contributed by atoms with Crippen LogP contribution in [0.2, 0.25) is 0 Å². The number of nitrogens with one attached hydrogen (secondary N) is 1. The fraction of sp³-hybridized carbons (Fsp3) is 0.562. The topological polar surface area (TPSA) is 50.8 Å². The third-order valence-corrected chi connectivity index (χ3v) is 3.80. The predicted octanol–water partition coefficient (Wildman–Crippen LogP) is 1.88. The number of methoxy groups -OCH3 is 2. The van der Waals surface area contributed by atoms with E-state index in [1.807, 2.05) is 23.1 Å². The highest BCUT2D eigenvalue weighted by atomic mass is 35.5. The van der Waals surface area contributed by atoms with Crippen LogP contribution in [0.25, 0.3) is 0 Å². The van der Waals surface area contributed by atoms with Crippen molar-refractivity contribution in [3.05, 3.63) is 23.8 Å². The van der Waals surface area contributed by atoms with Crippen LogP contribution in [0.1, 0.15) is 18.4 Å². The van der Waals surface area contributed by atoms with E-state index in [2.05, 4.69) is 5.32 Å². The monoisotopic (exact) mass is 328 g/mol. The first-order chi connectivity index (χ1) is 10.2. The molecule has 1 aliphatic rings. The minimum Gasteiger partial charge on any atom is -0.497 e. The average Bonchev–Trinajstić information content (AvgIpc) is 2.55. The maximum absolute atomic E-state index is 12.1. The molecule has 1 aliphatic heterocycles. The maximum atomic E-state index is 12.1. The smallest absolute Gasteiger partial charge is 0.222 e. The zero-order valence-corrected chi connectivity index (χ0v) is 14.1. The second-order valence-electron chi connectivity index (χ2n) is 5.16. The van der Waals surface area contributed by atoms with Gasteiger partial charge in [0, 0.05) is 38.7 Å². The molecule has 0 unspecified atom stereocenters. The Morgan fingerprint density at radius 2 is 1.95 bits per heavy atom. The van der Waals surface area contributed by atoms with E-state index in [0.29, 0.717) is 6.42 Å². The highest BCUT2D eigenvalue weighted by Crippen LogP contribution is 2.25. The van der Waals surface area contributed by atoms with E-state index in [4.69, 9.17) is 9.47 Å². The molecule has 0 saturated carbocycles. The Morgan fingerprint density at radius 1 is 1.23 bits per heavy atom. The number of halogens is 1. The van der Waals surface area contributed by atoms with Crippen molar-refractivity contribution in [2.45, 2.75) is 19.3 Å². The van der Waals surface area contributed by atoms with Crippen LogP contribution in [-0.2, 0) is 11.2 Å². The summed E-state index contributed by atoms with van der Waals surface area (Å²) in [5.41, 5.74) is 1.12. The summed E-state index contributed by atoms with van der Waals surface area (Å²) in [7, 11) is 3.30. The Kier molecular flexibility index (Phi) is 8.06. The van der Waals surface area contributed by atoms with E-state index in [1.165, 1.54) is 0 Å². The lowest BCUT2D eigenvalue weighted by molar-refractivity contribution is -0.131. The van der Waals surface area contributed by atoms with Gasteiger partial charge in [-0.1, -0.05) is 6.07 Å². The normalized spacial score (nSPS) is 14.2. The van der Waals surface area contributed by atoms with Crippen molar-refractivity contribution in [3.63, 3.8) is 0 Å². The third kappa shape index (κ3) is 5.07. The zero-order valence-electron chi connectivity index (χ0n) is 13.3. The van der Waals surface area contributed by atoms with Crippen LogP contribution in [-0.4, -0.2) is 51.2 Å². The third-order valence-electron chi connectivity index (χ3n) is 3.80. The molecule has 0 aliphatic carbocycles. The van der Waals surface area contributed by atoms with Crippen molar-refractivity contribution < 1.29 is 14.3 Å². The van der Waals surface area contributed by atoms with E-state index < -0.39 is 0 Å². The summed E-state index contributed by atoms with van der Waals surface area (Å²) in [6.45, 7) is 3.45. The average molecular weight is 329 g/mol. The lowest BCUT2D eigenvalue weighted by Gasteiger charge is -2.27. The van der Waals surface area contributed by atoms with Gasteiger partial charge < -0.3 is 19.7 Å². The Morgan fingerprint density at radius 3 is 2.59 bits per heavy atom. The van der Waals surface area contributed by atoms with Gasteiger partial charge in [-0.15, -0.1) is 12.4 Å². The zero-order chi connectivity index (χ0) is 15.1. The van der Waals surface area contributed by atoms with Crippen LogP contribution in [0.4, 0.5) is 0 Å². The van der Waals surface area contributed by atoms with Crippen LogP contribution < -0.4 is 14.8 Å². The number of carbonyl (C=O) groups is 1. The molecule has 1 fully saturated rings. The fourth-order valence-corrected chi connectivity index (χ4v) is 2.56. The molecule has 124 valence electrons. The van der Waals surface area contributed by atoms with Crippen molar-refractivity contribution in [2.75, 3.05) is 40.4 Å². The molecule has 1 amide bonds. The molecule has 0 atom stereocenters. The number of aryl methyl sites for hydroxylation is 1. The number of carbonyl (C=O) groups excluding carboxylic acids is 1. The minimum atomic E-state index is 0. The van der Waals surface area contributed by atoms with E-state index in [1.54, 1.807) is 14.2 Å². The molecule has 1 N–H and O–H groups in total. The van der Waals surface area contributed by atoms with Gasteiger partial charge >= 0.3 is 0 Å². The molecule has 0 spiro atoms. The molecule has 1 saturated heterocycles. The molecule has 2 rings (SSSR count). The number of amides is 1. The molecule has 0 aromatic heterocycles. The van der Waals surface area contributed by atoms with Gasteiger partial charge in [-0.2, -0.15) is 0 Å². The molecule has 22 heavy (non-hydrogen) atoms. The second-order valence-corrected chi connectivity index (χ2v) is 5.16. The summed E-state index contributed by atoms with van der Waals surface area (Å²) in [6.07, 6.45) is 2.27. The Labute approximate surface area is 138 Å². The van der Waals surface area contributed by atoms with Gasteiger partial charge in [0.15, 0.2) is 0 Å². The summed E-state index contributed by atoms with van der Waals surface area (Å²) in [6, 6.07) is 5.82. The molecule has 5 nitrogen and oxygen atoms in total. The molecule has 0 radical (unpaired) electrons. The predicted molar refractivity (Wildman–Crippen MR) is 89.2 cm³/mol.